The molecular formula is C16H30N4. The zero-order chi connectivity index (χ0) is 14.8. The van der Waals surface area contributed by atoms with Gasteiger partial charge in [0.25, 0.3) is 0 Å². The van der Waals surface area contributed by atoms with Crippen molar-refractivity contribution in [3.8, 4) is 0 Å². The van der Waals surface area contributed by atoms with Crippen molar-refractivity contribution >= 4 is 5.82 Å². The van der Waals surface area contributed by atoms with Crippen LogP contribution in [0.15, 0.2) is 18.3 Å². The molecule has 1 N–H and O–H groups in total. The lowest BCUT2D eigenvalue weighted by molar-refractivity contribution is 0.238. The average Bonchev–Trinajstić information content (AvgIpc) is 2.51. The molecule has 0 atom stereocenters. The Morgan fingerprint density at radius 3 is 2.15 bits per heavy atom. The van der Waals surface area contributed by atoms with Crippen molar-refractivity contribution in [1.82, 2.24) is 14.8 Å². The molecule has 0 amide bonds. The van der Waals surface area contributed by atoms with Crippen molar-refractivity contribution in [1.29, 1.82) is 0 Å². The Kier molecular flexibility index (Phi) is 8.23. The van der Waals surface area contributed by atoms with Crippen molar-refractivity contribution < 1.29 is 0 Å². The first-order valence-corrected chi connectivity index (χ1v) is 7.80. The summed E-state index contributed by atoms with van der Waals surface area (Å²) in [4.78, 5) is 9.34. The smallest absolute Gasteiger partial charge is 0.125 e. The van der Waals surface area contributed by atoms with E-state index in [0.717, 1.165) is 38.5 Å². The third-order valence-electron chi connectivity index (χ3n) is 3.78. The monoisotopic (exact) mass is 278 g/mol. The number of nitrogens with one attached hydrogen (secondary N) is 1. The third kappa shape index (κ3) is 5.88. The molecule has 0 aliphatic carbocycles. The standard InChI is InChI=1S/C16H30N4/c1-5-19(6-2)11-8-12-20(7-3)14-15-9-10-16(17-4)18-13-15/h9-10,13H,5-8,11-12,14H2,1-4H3,(H,17,18). The molecule has 114 valence electrons. The first kappa shape index (κ1) is 16.9. The Labute approximate surface area is 124 Å². The highest BCUT2D eigenvalue weighted by molar-refractivity contribution is 5.34. The minimum absolute atomic E-state index is 0.929. The number of anilines is 1. The maximum Gasteiger partial charge on any atom is 0.125 e. The van der Waals surface area contributed by atoms with Gasteiger partial charge in [-0.25, -0.2) is 4.98 Å². The molecule has 1 heterocycles. The zero-order valence-electron chi connectivity index (χ0n) is 13.5. The molecule has 0 saturated carbocycles. The van der Waals surface area contributed by atoms with Gasteiger partial charge >= 0.3 is 0 Å². The van der Waals surface area contributed by atoms with Crippen LogP contribution in [-0.2, 0) is 6.54 Å². The van der Waals surface area contributed by atoms with Gasteiger partial charge in [0.1, 0.15) is 5.82 Å². The summed E-state index contributed by atoms with van der Waals surface area (Å²) in [6, 6.07) is 4.20. The van der Waals surface area contributed by atoms with Gasteiger partial charge in [-0.05, 0) is 50.8 Å². The molecule has 0 unspecified atom stereocenters. The summed E-state index contributed by atoms with van der Waals surface area (Å²) < 4.78 is 0. The fourth-order valence-corrected chi connectivity index (χ4v) is 2.33. The van der Waals surface area contributed by atoms with Gasteiger partial charge in [0.2, 0.25) is 0 Å². The third-order valence-corrected chi connectivity index (χ3v) is 3.78. The summed E-state index contributed by atoms with van der Waals surface area (Å²) in [5.74, 6) is 0.929. The van der Waals surface area contributed by atoms with E-state index in [1.807, 2.05) is 19.3 Å². The summed E-state index contributed by atoms with van der Waals surface area (Å²) in [7, 11) is 1.90. The number of aromatic nitrogens is 1. The fourth-order valence-electron chi connectivity index (χ4n) is 2.33. The number of nitrogens with zero attached hydrogens (tertiary/aromatic N) is 3. The van der Waals surface area contributed by atoms with Crippen LogP contribution < -0.4 is 5.32 Å². The number of hydrogen-bond acceptors (Lipinski definition) is 4. The first-order chi connectivity index (χ1) is 9.73. The lowest BCUT2D eigenvalue weighted by Gasteiger charge is -2.23. The van der Waals surface area contributed by atoms with Crippen LogP contribution in [0.5, 0.6) is 0 Å². The maximum atomic E-state index is 4.37. The molecule has 0 aliphatic rings. The van der Waals surface area contributed by atoms with Gasteiger partial charge < -0.3 is 10.2 Å². The lowest BCUT2D eigenvalue weighted by atomic mass is 10.2. The molecule has 20 heavy (non-hydrogen) atoms. The van der Waals surface area contributed by atoms with E-state index in [4.69, 9.17) is 0 Å². The SMILES string of the molecule is CCN(CC)CCCN(CC)Cc1ccc(NC)nc1. The second kappa shape index (κ2) is 9.72. The quantitative estimate of drug-likeness (QED) is 0.713. The van der Waals surface area contributed by atoms with Crippen molar-refractivity contribution in [3.63, 3.8) is 0 Å². The van der Waals surface area contributed by atoms with Gasteiger partial charge in [0.15, 0.2) is 0 Å². The summed E-state index contributed by atoms with van der Waals surface area (Å²) in [6.07, 6.45) is 3.20. The van der Waals surface area contributed by atoms with Crippen molar-refractivity contribution in [2.45, 2.75) is 33.7 Å². The molecule has 4 heteroatoms. The number of rotatable bonds is 10. The summed E-state index contributed by atoms with van der Waals surface area (Å²) in [5.41, 5.74) is 1.29. The number of hydrogen-bond donors (Lipinski definition) is 1. The van der Waals surface area contributed by atoms with Crippen LogP contribution in [0.3, 0.4) is 0 Å². The predicted octanol–water partition coefficient (Wildman–Crippen LogP) is 2.68. The second-order valence-electron chi connectivity index (χ2n) is 5.05. The number of pyridine rings is 1. The van der Waals surface area contributed by atoms with Gasteiger partial charge in [-0.2, -0.15) is 0 Å². The van der Waals surface area contributed by atoms with Crippen LogP contribution in [0.25, 0.3) is 0 Å². The van der Waals surface area contributed by atoms with Gasteiger partial charge in [-0.15, -0.1) is 0 Å². The molecule has 0 bridgehead atoms. The lowest BCUT2D eigenvalue weighted by Crippen LogP contribution is -2.29. The Balaban J connectivity index is 2.38. The van der Waals surface area contributed by atoms with Crippen molar-refractivity contribution in [3.05, 3.63) is 23.9 Å². The highest BCUT2D eigenvalue weighted by atomic mass is 15.1. The van der Waals surface area contributed by atoms with Gasteiger partial charge in [0.05, 0.1) is 0 Å². The fraction of sp³-hybridized carbons (Fsp3) is 0.688. The van der Waals surface area contributed by atoms with E-state index in [-0.39, 0.29) is 0 Å². The van der Waals surface area contributed by atoms with Crippen molar-refractivity contribution in [2.75, 3.05) is 45.1 Å². The van der Waals surface area contributed by atoms with E-state index in [1.54, 1.807) is 0 Å². The summed E-state index contributed by atoms with van der Waals surface area (Å²) >= 11 is 0. The largest absolute Gasteiger partial charge is 0.373 e. The molecule has 4 nitrogen and oxygen atoms in total. The minimum Gasteiger partial charge on any atom is -0.373 e. The Hall–Kier alpha value is -1.13. The molecule has 0 saturated heterocycles. The Morgan fingerprint density at radius 2 is 1.65 bits per heavy atom. The molecule has 0 spiro atoms. The van der Waals surface area contributed by atoms with Crippen LogP contribution in [0.4, 0.5) is 5.82 Å². The topological polar surface area (TPSA) is 31.4 Å². The van der Waals surface area contributed by atoms with Gasteiger partial charge in [0, 0.05) is 19.8 Å². The molecule has 0 radical (unpaired) electrons. The molecular weight excluding hydrogens is 248 g/mol. The average molecular weight is 278 g/mol. The molecule has 0 aromatic carbocycles. The van der Waals surface area contributed by atoms with E-state index in [2.05, 4.69) is 46.9 Å². The van der Waals surface area contributed by atoms with E-state index >= 15 is 0 Å². The van der Waals surface area contributed by atoms with Crippen LogP contribution in [0.2, 0.25) is 0 Å². The van der Waals surface area contributed by atoms with Gasteiger partial charge in [-0.1, -0.05) is 26.8 Å². The molecule has 0 fully saturated rings. The van der Waals surface area contributed by atoms with Crippen molar-refractivity contribution in [2.24, 2.45) is 0 Å². The Bertz CT molecular complexity index is 346. The van der Waals surface area contributed by atoms with E-state index in [0.29, 0.717) is 0 Å². The normalized spacial score (nSPS) is 11.3. The van der Waals surface area contributed by atoms with Crippen LogP contribution in [0, 0.1) is 0 Å². The molecule has 1 rings (SSSR count). The predicted molar refractivity (Wildman–Crippen MR) is 87.1 cm³/mol. The van der Waals surface area contributed by atoms with Gasteiger partial charge in [-0.3, -0.25) is 4.90 Å². The second-order valence-corrected chi connectivity index (χ2v) is 5.05. The first-order valence-electron chi connectivity index (χ1n) is 7.80. The summed E-state index contributed by atoms with van der Waals surface area (Å²) in [6.45, 7) is 13.4. The van der Waals surface area contributed by atoms with Crippen LogP contribution in [0.1, 0.15) is 32.8 Å². The molecule has 1 aromatic heterocycles. The Morgan fingerprint density at radius 1 is 1.00 bits per heavy atom. The van der Waals surface area contributed by atoms with E-state index in [1.165, 1.54) is 18.5 Å². The van der Waals surface area contributed by atoms with E-state index in [9.17, 15) is 0 Å². The highest BCUT2D eigenvalue weighted by Crippen LogP contribution is 2.08. The van der Waals surface area contributed by atoms with E-state index < -0.39 is 0 Å². The minimum atomic E-state index is 0.929. The summed E-state index contributed by atoms with van der Waals surface area (Å²) in [5, 5.41) is 3.05. The highest BCUT2D eigenvalue weighted by Gasteiger charge is 2.05. The van der Waals surface area contributed by atoms with Crippen LogP contribution in [-0.4, -0.2) is 54.6 Å². The maximum absolute atomic E-state index is 4.37. The van der Waals surface area contributed by atoms with Crippen LogP contribution >= 0.6 is 0 Å². The molecule has 0 aliphatic heterocycles. The zero-order valence-corrected chi connectivity index (χ0v) is 13.5. The molecule has 1 aromatic rings.